The lowest BCUT2D eigenvalue weighted by molar-refractivity contribution is -0.130. The van der Waals surface area contributed by atoms with Gasteiger partial charge in [-0.3, -0.25) is 9.59 Å². The van der Waals surface area contributed by atoms with Crippen LogP contribution in [0.1, 0.15) is 50.0 Å². The van der Waals surface area contributed by atoms with Gasteiger partial charge in [-0.25, -0.2) is 13.1 Å². The van der Waals surface area contributed by atoms with Crippen LogP contribution in [0.2, 0.25) is 0 Å². The van der Waals surface area contributed by atoms with Crippen LogP contribution in [0.3, 0.4) is 0 Å². The molecule has 2 aliphatic rings. The van der Waals surface area contributed by atoms with Crippen molar-refractivity contribution in [1.82, 2.24) is 14.8 Å². The molecule has 1 aliphatic carbocycles. The van der Waals surface area contributed by atoms with Gasteiger partial charge in [-0.15, -0.1) is 0 Å². The smallest absolute Gasteiger partial charge is 0.269 e. The first-order chi connectivity index (χ1) is 11.8. The van der Waals surface area contributed by atoms with Crippen LogP contribution in [-0.4, -0.2) is 42.9 Å². The molecule has 2 fully saturated rings. The number of amides is 2. The van der Waals surface area contributed by atoms with E-state index in [2.05, 4.69) is 9.88 Å². The molecule has 1 N–H and O–H groups in total. The second-order valence-corrected chi connectivity index (χ2v) is 8.48. The highest BCUT2D eigenvalue weighted by atomic mass is 32.2. The third kappa shape index (κ3) is 3.56. The number of rotatable bonds is 4. The summed E-state index contributed by atoms with van der Waals surface area (Å²) in [4.78, 5) is 26.3. The molecule has 1 aliphatic heterocycles. The van der Waals surface area contributed by atoms with Crippen LogP contribution in [0.5, 0.6) is 0 Å². The van der Waals surface area contributed by atoms with Gasteiger partial charge >= 0.3 is 0 Å². The van der Waals surface area contributed by atoms with Crippen molar-refractivity contribution in [3.05, 3.63) is 11.5 Å². The molecule has 3 rings (SSSR count). The Morgan fingerprint density at radius 1 is 1.24 bits per heavy atom. The number of carbonyl (C=O) groups is 2. The lowest BCUT2D eigenvalue weighted by Gasteiger charge is -2.31. The molecule has 1 unspecified atom stereocenters. The fourth-order valence-electron chi connectivity index (χ4n) is 3.78. The van der Waals surface area contributed by atoms with Gasteiger partial charge in [0.05, 0.1) is 5.92 Å². The fourth-order valence-corrected chi connectivity index (χ4v) is 5.15. The zero-order chi connectivity index (χ0) is 18.2. The molecule has 0 spiro atoms. The minimum atomic E-state index is -4.06. The summed E-state index contributed by atoms with van der Waals surface area (Å²) < 4.78 is 31.8. The molecule has 1 aromatic heterocycles. The Morgan fingerprint density at radius 3 is 2.52 bits per heavy atom. The predicted octanol–water partition coefficient (Wildman–Crippen LogP) is 1.28. The Kier molecular flexibility index (Phi) is 4.86. The standard InChI is InChI=1S/C16H23N3O5S/c1-10-15(11(2)24-17-10)25(22,23)18-16(21)12-8-14(20)19(9-12)13-6-4-3-5-7-13/h12-13H,3-9H2,1-2H3,(H,18,21). The number of aromatic nitrogens is 1. The van der Waals surface area contributed by atoms with Crippen molar-refractivity contribution >= 4 is 21.8 Å². The molecule has 9 heteroatoms. The van der Waals surface area contributed by atoms with E-state index in [0.29, 0.717) is 0 Å². The molecule has 0 radical (unpaired) electrons. The maximum absolute atomic E-state index is 12.4. The molecule has 138 valence electrons. The van der Waals surface area contributed by atoms with E-state index in [4.69, 9.17) is 4.52 Å². The van der Waals surface area contributed by atoms with Gasteiger partial charge in [-0.1, -0.05) is 24.4 Å². The van der Waals surface area contributed by atoms with Gasteiger partial charge in [0.15, 0.2) is 10.7 Å². The first-order valence-corrected chi connectivity index (χ1v) is 10.1. The van der Waals surface area contributed by atoms with Gasteiger partial charge < -0.3 is 9.42 Å². The quantitative estimate of drug-likeness (QED) is 0.856. The normalized spacial score (nSPS) is 22.4. The summed E-state index contributed by atoms with van der Waals surface area (Å²) in [5.41, 5.74) is 0.198. The minimum Gasteiger partial charge on any atom is -0.360 e. The van der Waals surface area contributed by atoms with Crippen LogP contribution in [-0.2, 0) is 19.6 Å². The summed E-state index contributed by atoms with van der Waals surface area (Å²) >= 11 is 0. The molecule has 0 aromatic carbocycles. The lowest BCUT2D eigenvalue weighted by Crippen LogP contribution is -2.40. The zero-order valence-corrected chi connectivity index (χ0v) is 15.3. The van der Waals surface area contributed by atoms with Crippen molar-refractivity contribution < 1.29 is 22.5 Å². The van der Waals surface area contributed by atoms with Crippen molar-refractivity contribution in [2.75, 3.05) is 6.54 Å². The van der Waals surface area contributed by atoms with Gasteiger partial charge in [-0.05, 0) is 26.7 Å². The molecule has 1 saturated heterocycles. The van der Waals surface area contributed by atoms with Crippen LogP contribution in [0.4, 0.5) is 0 Å². The van der Waals surface area contributed by atoms with E-state index in [1.165, 1.54) is 20.3 Å². The second-order valence-electron chi connectivity index (χ2n) is 6.86. The SMILES string of the molecule is Cc1noc(C)c1S(=O)(=O)NC(=O)C1CC(=O)N(C2CCCCC2)C1. The first kappa shape index (κ1) is 17.9. The highest BCUT2D eigenvalue weighted by molar-refractivity contribution is 7.90. The van der Waals surface area contributed by atoms with Crippen LogP contribution < -0.4 is 4.72 Å². The number of nitrogens with zero attached hydrogens (tertiary/aromatic N) is 2. The van der Waals surface area contributed by atoms with E-state index in [0.717, 1.165) is 25.7 Å². The number of carbonyl (C=O) groups excluding carboxylic acids is 2. The van der Waals surface area contributed by atoms with Gasteiger partial charge in [0.1, 0.15) is 5.69 Å². The minimum absolute atomic E-state index is 0.0550. The Labute approximate surface area is 147 Å². The molecule has 1 aromatic rings. The lowest BCUT2D eigenvalue weighted by atomic mass is 9.94. The van der Waals surface area contributed by atoms with E-state index >= 15 is 0 Å². The van der Waals surface area contributed by atoms with Gasteiger partial charge in [0.2, 0.25) is 11.8 Å². The Morgan fingerprint density at radius 2 is 1.92 bits per heavy atom. The van der Waals surface area contributed by atoms with Crippen molar-refractivity contribution in [1.29, 1.82) is 0 Å². The highest BCUT2D eigenvalue weighted by Gasteiger charge is 2.39. The summed E-state index contributed by atoms with van der Waals surface area (Å²) in [6, 6.07) is 0.179. The number of hydrogen-bond acceptors (Lipinski definition) is 6. The number of aryl methyl sites for hydroxylation is 2. The summed E-state index contributed by atoms with van der Waals surface area (Å²) in [7, 11) is -4.06. The van der Waals surface area contributed by atoms with E-state index in [9.17, 15) is 18.0 Å². The van der Waals surface area contributed by atoms with Gasteiger partial charge in [0.25, 0.3) is 10.0 Å². The third-order valence-corrected chi connectivity index (χ3v) is 6.61. The van der Waals surface area contributed by atoms with Crippen molar-refractivity contribution in [3.63, 3.8) is 0 Å². The second kappa shape index (κ2) is 6.78. The van der Waals surface area contributed by atoms with Crippen LogP contribution in [0.25, 0.3) is 0 Å². The van der Waals surface area contributed by atoms with E-state index in [-0.39, 0.29) is 41.3 Å². The van der Waals surface area contributed by atoms with E-state index in [1.807, 2.05) is 0 Å². The molecular weight excluding hydrogens is 346 g/mol. The first-order valence-electron chi connectivity index (χ1n) is 8.58. The average molecular weight is 369 g/mol. The number of sulfonamides is 1. The largest absolute Gasteiger partial charge is 0.360 e. The molecule has 1 saturated carbocycles. The molecule has 25 heavy (non-hydrogen) atoms. The maximum atomic E-state index is 12.4. The summed E-state index contributed by atoms with van der Waals surface area (Å²) in [6.07, 6.45) is 5.32. The van der Waals surface area contributed by atoms with Crippen LogP contribution in [0, 0.1) is 19.8 Å². The Balaban J connectivity index is 1.69. The fraction of sp³-hybridized carbons (Fsp3) is 0.688. The van der Waals surface area contributed by atoms with Crippen LogP contribution in [0.15, 0.2) is 9.42 Å². The number of nitrogens with one attached hydrogen (secondary N) is 1. The monoisotopic (exact) mass is 369 g/mol. The highest BCUT2D eigenvalue weighted by Crippen LogP contribution is 2.29. The predicted molar refractivity (Wildman–Crippen MR) is 88.0 cm³/mol. The topological polar surface area (TPSA) is 110 Å². The molecule has 0 bridgehead atoms. The van der Waals surface area contributed by atoms with E-state index < -0.39 is 21.8 Å². The third-order valence-electron chi connectivity index (χ3n) is 5.02. The summed E-state index contributed by atoms with van der Waals surface area (Å²) in [5, 5.41) is 3.60. The zero-order valence-electron chi connectivity index (χ0n) is 14.4. The number of hydrogen-bond donors (Lipinski definition) is 1. The molecule has 2 heterocycles. The van der Waals surface area contributed by atoms with Gasteiger partial charge in [0, 0.05) is 19.0 Å². The molecule has 8 nitrogen and oxygen atoms in total. The number of likely N-dealkylation sites (tertiary alicyclic amines) is 1. The van der Waals surface area contributed by atoms with E-state index in [1.54, 1.807) is 4.90 Å². The average Bonchev–Trinajstić information content (AvgIpc) is 3.11. The van der Waals surface area contributed by atoms with Crippen molar-refractivity contribution in [2.24, 2.45) is 5.92 Å². The Bertz CT molecular complexity index is 760. The van der Waals surface area contributed by atoms with Gasteiger partial charge in [-0.2, -0.15) is 0 Å². The van der Waals surface area contributed by atoms with Crippen molar-refractivity contribution in [3.8, 4) is 0 Å². The Hall–Kier alpha value is -1.90. The van der Waals surface area contributed by atoms with Crippen LogP contribution >= 0.6 is 0 Å². The molecule has 2 amide bonds. The maximum Gasteiger partial charge on any atom is 0.269 e. The van der Waals surface area contributed by atoms with Crippen molar-refractivity contribution in [2.45, 2.75) is 63.3 Å². The molecular formula is C16H23N3O5S. The molecule has 1 atom stereocenters. The summed E-state index contributed by atoms with van der Waals surface area (Å²) in [5.74, 6) is -1.23. The summed E-state index contributed by atoms with van der Waals surface area (Å²) in [6.45, 7) is 3.26.